The van der Waals surface area contributed by atoms with E-state index in [9.17, 15) is 0 Å². The van der Waals surface area contributed by atoms with Crippen molar-refractivity contribution in [2.45, 2.75) is 26.7 Å². The van der Waals surface area contributed by atoms with Crippen molar-refractivity contribution in [3.05, 3.63) is 11.6 Å². The summed E-state index contributed by atoms with van der Waals surface area (Å²) >= 11 is 0. The van der Waals surface area contributed by atoms with Gasteiger partial charge in [0.15, 0.2) is 5.82 Å². The summed E-state index contributed by atoms with van der Waals surface area (Å²) in [6.07, 6.45) is 1.59. The molecule has 7 heteroatoms. The van der Waals surface area contributed by atoms with Crippen molar-refractivity contribution in [1.82, 2.24) is 24.6 Å². The molecule has 1 aliphatic heterocycles. The molecule has 3 rings (SSSR count). The second-order valence-electron chi connectivity index (χ2n) is 4.49. The van der Waals surface area contributed by atoms with Gasteiger partial charge in [-0.1, -0.05) is 13.8 Å². The monoisotopic (exact) mass is 262 g/mol. The average molecular weight is 262 g/mol. The van der Waals surface area contributed by atoms with E-state index in [0.717, 1.165) is 56.7 Å². The fourth-order valence-electron chi connectivity index (χ4n) is 2.13. The number of ether oxygens (including phenoxy) is 1. The smallest absolute Gasteiger partial charge is 0.257 e. The molecule has 7 nitrogen and oxygen atoms in total. The lowest BCUT2D eigenvalue weighted by molar-refractivity contribution is 0.121. The zero-order valence-electron chi connectivity index (χ0n) is 11.3. The molecule has 0 bridgehead atoms. The number of aromatic nitrogens is 5. The van der Waals surface area contributed by atoms with E-state index in [1.807, 2.05) is 13.8 Å². The molecular weight excluding hydrogens is 244 g/mol. The fraction of sp³-hybridized carbons (Fsp3) is 0.667. The number of hydrogen-bond acceptors (Lipinski definition) is 6. The maximum Gasteiger partial charge on any atom is 0.257 e. The lowest BCUT2D eigenvalue weighted by atomic mass is 10.4. The molecule has 1 saturated heterocycles. The Bertz CT molecular complexity index is 575. The van der Waals surface area contributed by atoms with Gasteiger partial charge in [0.25, 0.3) is 5.78 Å². The predicted molar refractivity (Wildman–Crippen MR) is 70.4 cm³/mol. The minimum atomic E-state index is 0.644. The van der Waals surface area contributed by atoms with Crippen molar-refractivity contribution in [1.29, 1.82) is 0 Å². The molecule has 2 aromatic heterocycles. The highest BCUT2D eigenvalue weighted by Gasteiger charge is 2.19. The third-order valence-corrected chi connectivity index (χ3v) is 3.21. The molecule has 0 aliphatic carbocycles. The molecule has 1 fully saturated rings. The summed E-state index contributed by atoms with van der Waals surface area (Å²) in [5.41, 5.74) is 0. The Morgan fingerprint density at radius 3 is 2.37 bits per heavy atom. The van der Waals surface area contributed by atoms with Crippen molar-refractivity contribution in [3.63, 3.8) is 0 Å². The molecule has 3 heterocycles. The van der Waals surface area contributed by atoms with Crippen molar-refractivity contribution in [2.24, 2.45) is 0 Å². The summed E-state index contributed by atoms with van der Waals surface area (Å²) in [5, 5.41) is 4.48. The van der Waals surface area contributed by atoms with Crippen LogP contribution in [0.2, 0.25) is 0 Å². The maximum atomic E-state index is 5.39. The van der Waals surface area contributed by atoms with E-state index in [0.29, 0.717) is 5.78 Å². The minimum absolute atomic E-state index is 0.644. The van der Waals surface area contributed by atoms with Crippen LogP contribution < -0.4 is 4.90 Å². The highest BCUT2D eigenvalue weighted by atomic mass is 16.5. The van der Waals surface area contributed by atoms with Crippen molar-refractivity contribution >= 4 is 11.7 Å². The van der Waals surface area contributed by atoms with Crippen LogP contribution in [0, 0.1) is 0 Å². The summed E-state index contributed by atoms with van der Waals surface area (Å²) < 4.78 is 7.14. The van der Waals surface area contributed by atoms with Crippen LogP contribution in [0.15, 0.2) is 0 Å². The molecule has 0 unspecified atom stereocenters. The van der Waals surface area contributed by atoms with Gasteiger partial charge in [0, 0.05) is 25.9 Å². The molecule has 0 spiro atoms. The third-order valence-electron chi connectivity index (χ3n) is 3.21. The molecule has 19 heavy (non-hydrogen) atoms. The molecule has 0 saturated carbocycles. The van der Waals surface area contributed by atoms with Gasteiger partial charge in [-0.15, -0.1) is 5.10 Å². The zero-order valence-corrected chi connectivity index (χ0v) is 11.3. The van der Waals surface area contributed by atoms with Crippen LogP contribution in [0.5, 0.6) is 0 Å². The van der Waals surface area contributed by atoms with Gasteiger partial charge in [0.2, 0.25) is 5.95 Å². The number of morpholine rings is 1. The standard InChI is InChI=1S/C12H18N6O/c1-3-9-13-11-14-10(4-2)16-18(11)12(15-9)17-5-7-19-8-6-17/h3-8H2,1-2H3. The summed E-state index contributed by atoms with van der Waals surface area (Å²) in [4.78, 5) is 15.7. The number of anilines is 1. The molecule has 0 N–H and O–H groups in total. The quantitative estimate of drug-likeness (QED) is 0.801. The number of rotatable bonds is 3. The summed E-state index contributed by atoms with van der Waals surface area (Å²) in [6.45, 7) is 7.20. The topological polar surface area (TPSA) is 68.4 Å². The molecule has 102 valence electrons. The zero-order chi connectivity index (χ0) is 13.2. The highest BCUT2D eigenvalue weighted by Crippen LogP contribution is 2.14. The van der Waals surface area contributed by atoms with E-state index in [1.165, 1.54) is 0 Å². The van der Waals surface area contributed by atoms with Crippen LogP contribution in [0.25, 0.3) is 5.78 Å². The van der Waals surface area contributed by atoms with Gasteiger partial charge in [0.1, 0.15) is 5.82 Å². The number of fused-ring (bicyclic) bond motifs is 1. The van der Waals surface area contributed by atoms with Crippen LogP contribution in [0.4, 0.5) is 5.95 Å². The second kappa shape index (κ2) is 5.08. The SMILES string of the molecule is CCc1nc(N2CCOCC2)n2nc(CC)nc2n1. The molecular formula is C12H18N6O. The maximum absolute atomic E-state index is 5.39. The Labute approximate surface area is 111 Å². The summed E-state index contributed by atoms with van der Waals surface area (Å²) in [7, 11) is 0. The van der Waals surface area contributed by atoms with E-state index in [-0.39, 0.29) is 0 Å². The lowest BCUT2D eigenvalue weighted by Gasteiger charge is -2.27. The predicted octanol–water partition coefficient (Wildman–Crippen LogP) is 0.481. The van der Waals surface area contributed by atoms with Gasteiger partial charge in [-0.25, -0.2) is 0 Å². The third kappa shape index (κ3) is 2.25. The van der Waals surface area contributed by atoms with E-state index >= 15 is 0 Å². The Balaban J connectivity index is 2.11. The fourth-order valence-corrected chi connectivity index (χ4v) is 2.13. The number of aryl methyl sites for hydroxylation is 2. The van der Waals surface area contributed by atoms with Gasteiger partial charge in [-0.2, -0.15) is 19.5 Å². The van der Waals surface area contributed by atoms with Crippen molar-refractivity contribution < 1.29 is 4.74 Å². The lowest BCUT2D eigenvalue weighted by Crippen LogP contribution is -2.38. The largest absolute Gasteiger partial charge is 0.378 e. The normalized spacial score (nSPS) is 16.2. The first-order valence-corrected chi connectivity index (χ1v) is 6.77. The van der Waals surface area contributed by atoms with E-state index in [1.54, 1.807) is 4.52 Å². The Morgan fingerprint density at radius 1 is 1.00 bits per heavy atom. The van der Waals surface area contributed by atoms with Crippen LogP contribution in [-0.4, -0.2) is 50.9 Å². The first-order valence-electron chi connectivity index (χ1n) is 6.77. The van der Waals surface area contributed by atoms with Crippen molar-refractivity contribution in [2.75, 3.05) is 31.2 Å². The van der Waals surface area contributed by atoms with E-state index < -0.39 is 0 Å². The number of nitrogens with zero attached hydrogens (tertiary/aromatic N) is 6. The molecule has 0 radical (unpaired) electrons. The summed E-state index contributed by atoms with van der Waals surface area (Å²) in [6, 6.07) is 0. The van der Waals surface area contributed by atoms with Gasteiger partial charge in [-0.3, -0.25) is 0 Å². The first kappa shape index (κ1) is 12.3. The minimum Gasteiger partial charge on any atom is -0.378 e. The molecule has 1 aliphatic rings. The summed E-state index contributed by atoms with van der Waals surface area (Å²) in [5.74, 6) is 3.09. The van der Waals surface area contributed by atoms with E-state index in [4.69, 9.17) is 4.74 Å². The second-order valence-corrected chi connectivity index (χ2v) is 4.49. The van der Waals surface area contributed by atoms with Crippen LogP contribution in [-0.2, 0) is 17.6 Å². The van der Waals surface area contributed by atoms with Crippen molar-refractivity contribution in [3.8, 4) is 0 Å². The average Bonchev–Trinajstić information content (AvgIpc) is 2.90. The molecule has 0 atom stereocenters. The Hall–Kier alpha value is -1.76. The molecule has 2 aromatic rings. The Kier molecular flexibility index (Phi) is 3.29. The highest BCUT2D eigenvalue weighted by molar-refractivity contribution is 5.41. The van der Waals surface area contributed by atoms with Crippen LogP contribution >= 0.6 is 0 Å². The Morgan fingerprint density at radius 2 is 1.68 bits per heavy atom. The van der Waals surface area contributed by atoms with Gasteiger partial charge in [0.05, 0.1) is 13.2 Å². The number of hydrogen-bond donors (Lipinski definition) is 0. The molecule has 0 aromatic carbocycles. The van der Waals surface area contributed by atoms with Gasteiger partial charge < -0.3 is 9.64 Å². The first-order chi connectivity index (χ1) is 9.31. The van der Waals surface area contributed by atoms with Gasteiger partial charge >= 0.3 is 0 Å². The van der Waals surface area contributed by atoms with Crippen LogP contribution in [0.3, 0.4) is 0 Å². The molecule has 0 amide bonds. The van der Waals surface area contributed by atoms with Gasteiger partial charge in [-0.05, 0) is 0 Å². The van der Waals surface area contributed by atoms with E-state index in [2.05, 4.69) is 25.0 Å². The van der Waals surface area contributed by atoms with Crippen LogP contribution in [0.1, 0.15) is 25.5 Å².